The third-order valence-electron chi connectivity index (χ3n) is 18.5. The second-order valence-electron chi connectivity index (χ2n) is 25.4. The smallest absolute Gasteiger partial charge is 0.335 e. The van der Waals surface area contributed by atoms with E-state index in [-0.39, 0.29) is 0 Å². The molecule has 0 aromatic rings. The van der Waals surface area contributed by atoms with Crippen molar-refractivity contribution in [2.75, 3.05) is 0 Å². The number of ether oxygens (including phenoxy) is 17. The minimum absolute atomic E-state index is 1.01. The number of hydrogen-bond donors (Lipinski definition) is 26. The van der Waals surface area contributed by atoms with E-state index < -0.39 is 312 Å². The van der Waals surface area contributed by atoms with E-state index in [0.717, 1.165) is 13.8 Å². The summed E-state index contributed by atoms with van der Waals surface area (Å²) in [5.41, 5.74) is 0. The molecule has 9 aliphatic rings. The molecular weight excluding hydrogens is 1430 g/mol. The maximum absolute atomic E-state index is 13.7. The Hall–Kier alpha value is -4.66. The number of carboxylic acid groups (broad SMARTS) is 6. The summed E-state index contributed by atoms with van der Waals surface area (Å²) in [4.78, 5) is 76.1. The zero-order valence-corrected chi connectivity index (χ0v) is 53.0. The van der Waals surface area contributed by atoms with Crippen LogP contribution in [-0.2, 0) is 109 Å². The van der Waals surface area contributed by atoms with Crippen molar-refractivity contribution in [1.29, 1.82) is 0 Å². The maximum Gasteiger partial charge on any atom is 0.335 e. The van der Waals surface area contributed by atoms with Crippen molar-refractivity contribution in [1.82, 2.24) is 0 Å². The van der Waals surface area contributed by atoms with E-state index in [9.17, 15) is 162 Å². The minimum Gasteiger partial charge on any atom is -0.479 e. The quantitative estimate of drug-likeness (QED) is 0.0479. The third-order valence-corrected chi connectivity index (χ3v) is 18.5. The molecule has 9 fully saturated rings. The normalized spacial score (nSPS) is 52.2. The predicted molar refractivity (Wildman–Crippen MR) is 296 cm³/mol. The number of aliphatic hydroxyl groups excluding tert-OH is 20. The van der Waals surface area contributed by atoms with Gasteiger partial charge in [-0.05, 0) is 20.8 Å². The molecule has 0 aliphatic carbocycles. The van der Waals surface area contributed by atoms with Gasteiger partial charge in [-0.3, -0.25) is 0 Å². The van der Waals surface area contributed by atoms with Crippen LogP contribution in [0, 0.1) is 0 Å². The molecule has 49 nitrogen and oxygen atoms in total. The monoisotopic (exact) mass is 1510 g/mol. The Bertz CT molecular complexity index is 2920. The zero-order chi connectivity index (χ0) is 76.5. The van der Waals surface area contributed by atoms with Crippen LogP contribution in [-0.4, -0.2) is 445 Å². The molecule has 9 rings (SSSR count). The number of carbonyl (C=O) groups is 6. The molecule has 26 N–H and O–H groups in total. The summed E-state index contributed by atoms with van der Waals surface area (Å²) < 4.78 is 94.8. The van der Waals surface area contributed by atoms with E-state index in [4.69, 9.17) is 80.5 Å². The van der Waals surface area contributed by atoms with Crippen molar-refractivity contribution < 1.29 is 242 Å². The molecule has 0 aromatic heterocycles. The maximum atomic E-state index is 13.7. The average Bonchev–Trinajstić information content (AvgIpc) is 0.762. The van der Waals surface area contributed by atoms with Crippen molar-refractivity contribution in [3.63, 3.8) is 0 Å². The SMILES string of the molecule is C[C@@H]1O[C@@H](O[C@@H]2[C@H](O[C@@H]3O[C@H](C(=O)O)[C@@H](O)[C@H](O)[C@H]3O)[C@@H](O)[C@@H](O[C@H]3[C@H](O[C@@H]4[C@H](O[C@@H]5O[C@H](C(=O)O)[C@@H](O)[C@H](O)[C@H]5O)[C@@H](O)[C@@H](O[C@H]5C(O)O[C@@H](C)[C@H](O)[C@H]5O)O[C@@H]4C(=O)O)O[C@@H](C)[C@H](O)[C@H]3O)O[C@@H]2C(=O)O)[C@H](O[C@H]2O[C@H](C(=O)O)[C@H](O)[C@H](O[C@@H]3O[C@H](C(=O)O)[C@@H](O)[C@H](O)[C@H]3O)[C@H]2O)[C@H](O)[C@H]1O. The predicted octanol–water partition coefficient (Wildman–Crippen LogP) is -17.0. The van der Waals surface area contributed by atoms with E-state index in [1.165, 1.54) is 6.92 Å². The first-order chi connectivity index (χ1) is 48.1. The molecule has 0 bridgehead atoms. The van der Waals surface area contributed by atoms with Crippen LogP contribution < -0.4 is 0 Å². The minimum atomic E-state index is -2.92. The molecule has 9 aliphatic heterocycles. The Balaban J connectivity index is 1.07. The highest BCUT2D eigenvalue weighted by atomic mass is 16.8. The lowest BCUT2D eigenvalue weighted by atomic mass is 9.94. The van der Waals surface area contributed by atoms with Crippen LogP contribution in [0.5, 0.6) is 0 Å². The van der Waals surface area contributed by atoms with Crippen molar-refractivity contribution in [2.24, 2.45) is 0 Å². The lowest BCUT2D eigenvalue weighted by Gasteiger charge is -2.51. The molecule has 45 atom stereocenters. The van der Waals surface area contributed by atoms with Gasteiger partial charge >= 0.3 is 35.8 Å². The van der Waals surface area contributed by atoms with Gasteiger partial charge in [0.05, 0.1) is 18.3 Å². The lowest BCUT2D eigenvalue weighted by Crippen LogP contribution is -2.70. The Morgan fingerprint density at radius 2 is 0.417 bits per heavy atom. The van der Waals surface area contributed by atoms with Gasteiger partial charge in [0.1, 0.15) is 165 Å². The first-order valence-electron chi connectivity index (χ1n) is 31.2. The van der Waals surface area contributed by atoms with Gasteiger partial charge in [0.15, 0.2) is 93.2 Å². The molecule has 103 heavy (non-hydrogen) atoms. The van der Waals surface area contributed by atoms with Gasteiger partial charge in [0, 0.05) is 0 Å². The van der Waals surface area contributed by atoms with Crippen LogP contribution in [0.1, 0.15) is 20.8 Å². The second kappa shape index (κ2) is 33.0. The molecule has 0 amide bonds. The van der Waals surface area contributed by atoms with Crippen LogP contribution >= 0.6 is 0 Å². The largest absolute Gasteiger partial charge is 0.479 e. The van der Waals surface area contributed by atoms with Crippen molar-refractivity contribution in [2.45, 2.75) is 297 Å². The van der Waals surface area contributed by atoms with Crippen LogP contribution in [0.3, 0.4) is 0 Å². The van der Waals surface area contributed by atoms with Crippen LogP contribution in [0.25, 0.3) is 0 Å². The Labute approximate surface area is 574 Å². The molecule has 1 unspecified atom stereocenters. The molecule has 0 spiro atoms. The Kier molecular flexibility index (Phi) is 26.4. The highest BCUT2D eigenvalue weighted by Gasteiger charge is 2.63. The standard InChI is InChI=1S/C54H80O49/c1-4-7(55)13(61)33(46(86)87-4)97-51-24(72)27(91-48-20(68)11(59)17(65)30(94-48)41(76)77)36(38(102-51)44(82)83)100-54-35(15(63)9(57)6(3)89-54)99-52-25(73)28(92-49-21(69)12(60)18(66)31(95-49)42(78)79)37(39(103-52)45(84)85)101-53-34(14(62)8(56)5(2)88-53)98-50-23(71)26(22(70)32(96-50)43(80)81)90-47-19(67)10(58)16(64)29(93-47)40(74)75/h4-39,46-73,86H,1-3H3,(H,74,75)(H,76,77)(H,78,79)(H,80,81)(H,82,83)(H,84,85)/t4-,5-,6-,7-,8-,9-,10-,11-,12-,13+,14+,15+,16-,17-,18-,19+,20+,21+,22+,23+,24+,25+,26-,27+,28+,29-,30-,31-,32-,33+,34+,35+,36+,37+,38-,39-,46?,47+,48+,49+,50+,51-,52-,53-,54-/m0/s1. The first kappa shape index (κ1) is 82.4. The van der Waals surface area contributed by atoms with E-state index in [0.29, 0.717) is 0 Å². The Morgan fingerprint density at radius 1 is 0.194 bits per heavy atom. The fourth-order valence-corrected chi connectivity index (χ4v) is 12.6. The molecule has 0 radical (unpaired) electrons. The van der Waals surface area contributed by atoms with Gasteiger partial charge in [-0.15, -0.1) is 0 Å². The number of aliphatic carboxylic acids is 6. The third kappa shape index (κ3) is 16.5. The van der Waals surface area contributed by atoms with E-state index in [2.05, 4.69) is 0 Å². The van der Waals surface area contributed by atoms with Gasteiger partial charge in [0.2, 0.25) is 0 Å². The van der Waals surface area contributed by atoms with Crippen LogP contribution in [0.15, 0.2) is 0 Å². The fraction of sp³-hybridized carbons (Fsp3) is 0.889. The zero-order valence-electron chi connectivity index (χ0n) is 53.0. The number of aliphatic hydroxyl groups is 20. The van der Waals surface area contributed by atoms with Crippen molar-refractivity contribution in [3.05, 3.63) is 0 Å². The lowest BCUT2D eigenvalue weighted by molar-refractivity contribution is -0.414. The van der Waals surface area contributed by atoms with Crippen LogP contribution in [0.4, 0.5) is 0 Å². The summed E-state index contributed by atoms with van der Waals surface area (Å²) >= 11 is 0. The molecule has 9 saturated heterocycles. The fourth-order valence-electron chi connectivity index (χ4n) is 12.6. The Morgan fingerprint density at radius 3 is 0.728 bits per heavy atom. The highest BCUT2D eigenvalue weighted by molar-refractivity contribution is 5.75. The summed E-state index contributed by atoms with van der Waals surface area (Å²) in [7, 11) is 0. The number of hydrogen-bond acceptors (Lipinski definition) is 43. The topological polar surface area (TPSA) is 785 Å². The van der Waals surface area contributed by atoms with Crippen LogP contribution in [0.2, 0.25) is 0 Å². The summed E-state index contributed by atoms with van der Waals surface area (Å²) in [5.74, 6) is -12.6. The van der Waals surface area contributed by atoms with Gasteiger partial charge in [0.25, 0.3) is 0 Å². The van der Waals surface area contributed by atoms with Gasteiger partial charge in [-0.1, -0.05) is 0 Å². The first-order valence-corrected chi connectivity index (χ1v) is 31.2. The molecule has 9 heterocycles. The van der Waals surface area contributed by atoms with Gasteiger partial charge < -0.3 is 213 Å². The highest BCUT2D eigenvalue weighted by Crippen LogP contribution is 2.41. The molecule has 590 valence electrons. The summed E-state index contributed by atoms with van der Waals surface area (Å²) in [5, 5.41) is 283. The number of carboxylic acids is 6. The molecule has 49 heteroatoms. The average molecular weight is 1510 g/mol. The summed E-state index contributed by atoms with van der Waals surface area (Å²) in [6.45, 7) is 3.22. The molecular formula is C54H80O49. The van der Waals surface area contributed by atoms with E-state index in [1.54, 1.807) is 0 Å². The number of rotatable bonds is 22. The molecule has 0 saturated carbocycles. The van der Waals surface area contributed by atoms with Crippen molar-refractivity contribution in [3.8, 4) is 0 Å². The van der Waals surface area contributed by atoms with Gasteiger partial charge in [-0.2, -0.15) is 0 Å². The summed E-state index contributed by atoms with van der Waals surface area (Å²) in [6.07, 6.45) is -111. The summed E-state index contributed by atoms with van der Waals surface area (Å²) in [6, 6.07) is 0. The van der Waals surface area contributed by atoms with Gasteiger partial charge in [-0.25, -0.2) is 28.8 Å². The molecule has 0 aromatic carbocycles. The second-order valence-corrected chi connectivity index (χ2v) is 25.4. The van der Waals surface area contributed by atoms with E-state index >= 15 is 0 Å². The van der Waals surface area contributed by atoms with Crippen molar-refractivity contribution >= 4 is 35.8 Å². The van der Waals surface area contributed by atoms with E-state index in [1.807, 2.05) is 0 Å².